The van der Waals surface area contributed by atoms with Gasteiger partial charge in [-0.25, -0.2) is 0 Å². The third kappa shape index (κ3) is 2.93. The first-order valence-electron chi connectivity index (χ1n) is 16.4. The molecule has 5 aliphatic carbocycles. The predicted octanol–water partition coefficient (Wildman–Crippen LogP) is 7.35. The predicted molar refractivity (Wildman–Crippen MR) is 168 cm³/mol. The van der Waals surface area contributed by atoms with E-state index < -0.39 is 28.6 Å². The van der Waals surface area contributed by atoms with Gasteiger partial charge in [0.15, 0.2) is 0 Å². The van der Waals surface area contributed by atoms with Crippen molar-refractivity contribution in [3.8, 4) is 0 Å². The molecular weight excluding hydrogens is 558 g/mol. The first-order chi connectivity index (χ1) is 20.2. The van der Waals surface area contributed by atoms with Gasteiger partial charge in [0, 0.05) is 43.9 Å². The summed E-state index contributed by atoms with van der Waals surface area (Å²) < 4.78 is 13.8. The summed E-state index contributed by atoms with van der Waals surface area (Å²) >= 11 is 7.09. The maximum Gasteiger partial charge on any atom is 0.108 e. The molecule has 7 aliphatic rings. The van der Waals surface area contributed by atoms with Crippen molar-refractivity contribution in [2.24, 2.45) is 23.2 Å². The van der Waals surface area contributed by atoms with Crippen LogP contribution in [0.15, 0.2) is 42.0 Å². The highest BCUT2D eigenvalue weighted by Crippen LogP contribution is 2.74. The van der Waals surface area contributed by atoms with E-state index in [0.29, 0.717) is 24.2 Å². The topological polar surface area (TPSA) is 74.7 Å². The molecule has 0 saturated heterocycles. The second kappa shape index (κ2) is 8.09. The van der Waals surface area contributed by atoms with Gasteiger partial charge in [-0.2, -0.15) is 0 Å². The molecule has 228 valence electrons. The number of rotatable bonds is 1. The molecule has 6 heteroatoms. The molecule has 0 spiro atoms. The second-order valence-electron chi connectivity index (χ2n) is 16.1. The fourth-order valence-electron chi connectivity index (χ4n) is 11.8. The van der Waals surface area contributed by atoms with Crippen LogP contribution in [-0.2, 0) is 21.3 Å². The lowest BCUT2D eigenvalue weighted by molar-refractivity contribution is -0.215. The number of fused-ring (bicyclic) bond motifs is 7. The molecule has 3 heterocycles. The molecule has 0 amide bonds. The van der Waals surface area contributed by atoms with Crippen LogP contribution < -0.4 is 0 Å². The Morgan fingerprint density at radius 2 is 1.88 bits per heavy atom. The number of ether oxygens (including phenoxy) is 2. The highest BCUT2D eigenvalue weighted by atomic mass is 35.5. The Labute approximate surface area is 259 Å². The molecule has 0 bridgehead atoms. The van der Waals surface area contributed by atoms with Crippen LogP contribution in [0.2, 0.25) is 5.02 Å². The summed E-state index contributed by atoms with van der Waals surface area (Å²) in [6.07, 6.45) is 5.41. The first-order valence-corrected chi connectivity index (χ1v) is 16.8. The number of hydrogen-bond donors (Lipinski definition) is 3. The Balaban J connectivity index is 1.28. The van der Waals surface area contributed by atoms with Crippen molar-refractivity contribution in [1.82, 2.24) is 4.98 Å². The van der Waals surface area contributed by atoms with E-state index in [0.717, 1.165) is 53.8 Å². The SMILES string of the molecule is C=C1Cc2c(Cl)cc3[nH]c4c5c3c2[C@H]2[C@@H]1C[C@@H]2C(C)(C)O[C@H]5[C@@H]1CC[C@@]2(O)C3=C[C@@H](O)[C@@H](C(=C)C)O[C@H]3CC[C@]2(C)[C@@]41C. The lowest BCUT2D eigenvalue weighted by Crippen LogP contribution is -2.68. The van der Waals surface area contributed by atoms with Crippen molar-refractivity contribution in [2.45, 2.75) is 120 Å². The Bertz CT molecular complexity index is 1700. The van der Waals surface area contributed by atoms with Crippen molar-refractivity contribution in [2.75, 3.05) is 0 Å². The minimum atomic E-state index is -1.11. The third-order valence-electron chi connectivity index (χ3n) is 14.2. The molecule has 0 radical (unpaired) electrons. The van der Waals surface area contributed by atoms with Crippen LogP contribution in [0.4, 0.5) is 0 Å². The highest BCUT2D eigenvalue weighted by Gasteiger charge is 2.73. The zero-order valence-corrected chi connectivity index (χ0v) is 26.8. The summed E-state index contributed by atoms with van der Waals surface area (Å²) in [5, 5.41) is 26.3. The summed E-state index contributed by atoms with van der Waals surface area (Å²) in [6, 6.07) is 2.14. The fourth-order valence-corrected chi connectivity index (χ4v) is 12.0. The molecule has 3 N–H and O–H groups in total. The van der Waals surface area contributed by atoms with E-state index in [9.17, 15) is 10.2 Å². The average Bonchev–Trinajstić information content (AvgIpc) is 3.38. The van der Waals surface area contributed by atoms with Gasteiger partial charge in [0.2, 0.25) is 0 Å². The van der Waals surface area contributed by atoms with Gasteiger partial charge < -0.3 is 24.7 Å². The molecule has 3 saturated carbocycles. The van der Waals surface area contributed by atoms with Crippen LogP contribution in [0.25, 0.3) is 10.9 Å². The van der Waals surface area contributed by atoms with E-state index in [1.54, 1.807) is 0 Å². The smallest absolute Gasteiger partial charge is 0.108 e. The van der Waals surface area contributed by atoms with Crippen molar-refractivity contribution < 1.29 is 19.7 Å². The Morgan fingerprint density at radius 1 is 1.12 bits per heavy atom. The Hall–Kier alpha value is -1.89. The monoisotopic (exact) mass is 601 g/mol. The number of benzene rings is 1. The van der Waals surface area contributed by atoms with Gasteiger partial charge in [0.1, 0.15) is 12.2 Å². The normalized spacial score (nSPS) is 46.6. The summed E-state index contributed by atoms with van der Waals surface area (Å²) in [7, 11) is 0. The van der Waals surface area contributed by atoms with E-state index >= 15 is 0 Å². The van der Waals surface area contributed by atoms with Crippen LogP contribution in [0.1, 0.15) is 101 Å². The molecular formula is C37H44ClNO4. The molecule has 9 rings (SSSR count). The summed E-state index contributed by atoms with van der Waals surface area (Å²) in [5.74, 6) is 1.48. The van der Waals surface area contributed by atoms with Crippen LogP contribution >= 0.6 is 11.6 Å². The van der Waals surface area contributed by atoms with E-state index in [1.165, 1.54) is 33.3 Å². The van der Waals surface area contributed by atoms with Crippen LogP contribution in [0.5, 0.6) is 0 Å². The number of hydrogen-bond acceptors (Lipinski definition) is 4. The molecule has 1 aromatic carbocycles. The highest BCUT2D eigenvalue weighted by molar-refractivity contribution is 6.32. The number of aromatic nitrogens is 1. The molecule has 43 heavy (non-hydrogen) atoms. The van der Waals surface area contributed by atoms with Crippen LogP contribution in [0.3, 0.4) is 0 Å². The number of aliphatic hydroxyl groups is 2. The van der Waals surface area contributed by atoms with Crippen molar-refractivity contribution in [1.29, 1.82) is 0 Å². The van der Waals surface area contributed by atoms with E-state index in [1.807, 2.05) is 13.0 Å². The summed E-state index contributed by atoms with van der Waals surface area (Å²) in [6.45, 7) is 19.8. The Morgan fingerprint density at radius 3 is 2.63 bits per heavy atom. The molecule has 2 aromatic rings. The van der Waals surface area contributed by atoms with E-state index in [-0.39, 0.29) is 23.7 Å². The maximum atomic E-state index is 13.0. The number of allylic oxidation sites excluding steroid dienone is 1. The van der Waals surface area contributed by atoms with Crippen molar-refractivity contribution in [3.63, 3.8) is 0 Å². The molecule has 1 aromatic heterocycles. The second-order valence-corrected chi connectivity index (χ2v) is 16.5. The minimum Gasteiger partial charge on any atom is -0.386 e. The molecule has 5 nitrogen and oxygen atoms in total. The van der Waals surface area contributed by atoms with Crippen LogP contribution in [0, 0.1) is 23.2 Å². The van der Waals surface area contributed by atoms with Gasteiger partial charge in [0.05, 0.1) is 23.4 Å². The Kier molecular flexibility index (Phi) is 5.16. The molecule has 2 aliphatic heterocycles. The largest absolute Gasteiger partial charge is 0.386 e. The van der Waals surface area contributed by atoms with Crippen LogP contribution in [-0.4, -0.2) is 44.7 Å². The van der Waals surface area contributed by atoms with Gasteiger partial charge in [-0.05, 0) is 111 Å². The van der Waals surface area contributed by atoms with E-state index in [4.69, 9.17) is 21.1 Å². The number of nitrogens with one attached hydrogen (secondary N) is 1. The van der Waals surface area contributed by atoms with Gasteiger partial charge in [0.25, 0.3) is 0 Å². The van der Waals surface area contributed by atoms with Gasteiger partial charge in [-0.3, -0.25) is 0 Å². The van der Waals surface area contributed by atoms with Gasteiger partial charge >= 0.3 is 0 Å². The number of aromatic amines is 1. The summed E-state index contributed by atoms with van der Waals surface area (Å²) in [5.41, 5.74) is 7.00. The maximum absolute atomic E-state index is 13.0. The minimum absolute atomic E-state index is 0.0618. The fraction of sp³-hybridized carbons (Fsp3) is 0.622. The van der Waals surface area contributed by atoms with Crippen molar-refractivity contribution >= 4 is 22.5 Å². The standard InChI is InChI=1S/C37H44ClNO4/c1-16(2)31-25(40)14-21-26(42-31)9-10-35(6)36(7)20(8-11-37(21,35)41)32-30-29-24(39-33(30)36)15-23(38)19-12-17(3)18-13-22(27(18)28(19)29)34(4,5)43-32/h14-15,18,20,22,25-27,31-32,39-41H,1,3,8-13H2,2,4-7H3/t18-,20+,22+,25-,26+,27+,31-,32+,35-,36-,37-/m1/s1. The van der Waals surface area contributed by atoms with E-state index in [2.05, 4.69) is 51.9 Å². The molecule has 0 unspecified atom stereocenters. The lowest BCUT2D eigenvalue weighted by atomic mass is 9.42. The zero-order chi connectivity index (χ0) is 30.2. The summed E-state index contributed by atoms with van der Waals surface area (Å²) in [4.78, 5) is 3.96. The average molecular weight is 602 g/mol. The zero-order valence-electron chi connectivity index (χ0n) is 26.0. The molecule has 11 atom stereocenters. The van der Waals surface area contributed by atoms with Gasteiger partial charge in [-0.15, -0.1) is 0 Å². The molecule has 3 fully saturated rings. The van der Waals surface area contributed by atoms with Crippen molar-refractivity contribution in [3.05, 3.63) is 69.4 Å². The quantitative estimate of drug-likeness (QED) is 0.299. The number of aliphatic hydroxyl groups excluding tert-OH is 1. The number of halogens is 1. The third-order valence-corrected chi connectivity index (χ3v) is 14.5. The lowest BCUT2D eigenvalue weighted by Gasteiger charge is -2.65. The van der Waals surface area contributed by atoms with Gasteiger partial charge in [-0.1, -0.05) is 44.2 Å². The number of H-pyrrole nitrogens is 1. The first kappa shape index (κ1) is 27.4.